The summed E-state index contributed by atoms with van der Waals surface area (Å²) in [6, 6.07) is 4.63. The van der Waals surface area contributed by atoms with Crippen molar-refractivity contribution < 1.29 is 28.0 Å². The molecule has 0 spiro atoms. The van der Waals surface area contributed by atoms with Crippen LogP contribution in [0.1, 0.15) is 44.1 Å². The van der Waals surface area contributed by atoms with E-state index < -0.39 is 35.2 Å². The summed E-state index contributed by atoms with van der Waals surface area (Å²) in [7, 11) is 0. The maximum Gasteiger partial charge on any atom is 0.415 e. The lowest BCUT2D eigenvalue weighted by atomic mass is 9.93. The molecular weight excluding hydrogens is 373 g/mol. The number of amides is 1. The van der Waals surface area contributed by atoms with Crippen LogP contribution in [0.2, 0.25) is 0 Å². The summed E-state index contributed by atoms with van der Waals surface area (Å²) in [5, 5.41) is 0. The minimum Gasteiger partial charge on any atom is -0.616 e. The number of benzene rings is 1. The Hall–Kier alpha value is -1.80. The van der Waals surface area contributed by atoms with E-state index >= 15 is 0 Å². The second kappa shape index (κ2) is 8.93. The zero-order valence-corrected chi connectivity index (χ0v) is 16.1. The van der Waals surface area contributed by atoms with E-state index in [1.807, 2.05) is 6.92 Å². The van der Waals surface area contributed by atoms with Crippen LogP contribution >= 0.6 is 0 Å². The average molecular weight is 397 g/mol. The third kappa shape index (κ3) is 4.73. The largest absolute Gasteiger partial charge is 0.616 e. The molecule has 2 fully saturated rings. The molecule has 0 aliphatic carbocycles. The SMILES string of the molecule is CCCCOC(=O)[C@H]1CN(c2ccc([C@H]3CC[S@@+]([O-])CC3)c(F)c2)C(=O)O1. The fourth-order valence-corrected chi connectivity index (χ4v) is 4.63. The van der Waals surface area contributed by atoms with E-state index in [-0.39, 0.29) is 12.5 Å². The number of rotatable bonds is 6. The highest BCUT2D eigenvalue weighted by Crippen LogP contribution is 2.33. The van der Waals surface area contributed by atoms with Crippen LogP contribution in [0.4, 0.5) is 14.9 Å². The van der Waals surface area contributed by atoms with Crippen LogP contribution in [-0.2, 0) is 25.4 Å². The molecule has 2 aliphatic rings. The van der Waals surface area contributed by atoms with Crippen LogP contribution in [-0.4, -0.2) is 47.4 Å². The molecule has 0 aromatic heterocycles. The lowest BCUT2D eigenvalue weighted by Gasteiger charge is -2.25. The van der Waals surface area contributed by atoms with Crippen LogP contribution < -0.4 is 4.90 Å². The predicted octanol–water partition coefficient (Wildman–Crippen LogP) is 3.12. The van der Waals surface area contributed by atoms with Gasteiger partial charge in [0.1, 0.15) is 17.3 Å². The van der Waals surface area contributed by atoms with Crippen molar-refractivity contribution in [2.45, 2.75) is 44.6 Å². The van der Waals surface area contributed by atoms with Crippen molar-refractivity contribution in [1.29, 1.82) is 0 Å². The molecule has 0 saturated carbocycles. The third-order valence-corrected chi connectivity index (χ3v) is 6.32. The molecule has 6 nitrogen and oxygen atoms in total. The van der Waals surface area contributed by atoms with E-state index in [9.17, 15) is 18.5 Å². The first-order valence-corrected chi connectivity index (χ1v) is 10.8. The Balaban J connectivity index is 1.65. The van der Waals surface area contributed by atoms with Crippen LogP contribution in [0.5, 0.6) is 0 Å². The third-order valence-electron chi connectivity index (χ3n) is 4.94. The van der Waals surface area contributed by atoms with Gasteiger partial charge in [0.25, 0.3) is 0 Å². The predicted molar refractivity (Wildman–Crippen MR) is 99.7 cm³/mol. The molecule has 27 heavy (non-hydrogen) atoms. The molecule has 2 saturated heterocycles. The van der Waals surface area contributed by atoms with E-state index in [0.29, 0.717) is 42.2 Å². The van der Waals surface area contributed by atoms with E-state index in [1.165, 1.54) is 11.0 Å². The second-order valence-electron chi connectivity index (χ2n) is 6.83. The van der Waals surface area contributed by atoms with Gasteiger partial charge in [-0.15, -0.1) is 0 Å². The lowest BCUT2D eigenvalue weighted by molar-refractivity contribution is -0.151. The molecule has 1 atom stereocenters. The Labute approximate surface area is 161 Å². The van der Waals surface area contributed by atoms with Gasteiger partial charge < -0.3 is 14.0 Å². The molecule has 1 aromatic carbocycles. The van der Waals surface area contributed by atoms with Gasteiger partial charge in [-0.3, -0.25) is 4.90 Å². The van der Waals surface area contributed by atoms with Crippen molar-refractivity contribution in [1.82, 2.24) is 0 Å². The van der Waals surface area contributed by atoms with Crippen molar-refractivity contribution in [3.63, 3.8) is 0 Å². The molecule has 2 heterocycles. The number of ether oxygens (including phenoxy) is 2. The standard InChI is InChI=1S/C19H24FNO5S/c1-2-3-8-25-18(22)17-12-21(19(23)26-17)14-4-5-15(16(20)11-14)13-6-9-27(24)10-7-13/h4-5,11,13,17H,2-3,6-10,12H2,1H3/t13-,17-,27+/m1/s1. The first-order valence-electron chi connectivity index (χ1n) is 9.28. The van der Waals surface area contributed by atoms with Gasteiger partial charge in [-0.25, -0.2) is 14.0 Å². The number of anilines is 1. The van der Waals surface area contributed by atoms with Crippen molar-refractivity contribution in [3.05, 3.63) is 29.6 Å². The topological polar surface area (TPSA) is 78.9 Å². The Morgan fingerprint density at radius 1 is 1.41 bits per heavy atom. The zero-order valence-electron chi connectivity index (χ0n) is 15.3. The number of hydrogen-bond acceptors (Lipinski definition) is 5. The fourth-order valence-electron chi connectivity index (χ4n) is 3.33. The highest BCUT2D eigenvalue weighted by atomic mass is 32.2. The summed E-state index contributed by atoms with van der Waals surface area (Å²) in [4.78, 5) is 25.3. The molecule has 8 heteroatoms. The normalized spacial score (nSPS) is 25.4. The molecule has 148 valence electrons. The number of esters is 1. The van der Waals surface area contributed by atoms with Crippen molar-refractivity contribution in [3.8, 4) is 0 Å². The number of unbranched alkanes of at least 4 members (excludes halogenated alkanes) is 1. The first-order chi connectivity index (χ1) is 13.0. The molecule has 0 N–H and O–H groups in total. The molecule has 1 aromatic rings. The molecule has 2 aliphatic heterocycles. The highest BCUT2D eigenvalue weighted by Gasteiger charge is 2.38. The van der Waals surface area contributed by atoms with Crippen LogP contribution in [0.25, 0.3) is 0 Å². The van der Waals surface area contributed by atoms with Gasteiger partial charge in [0, 0.05) is 0 Å². The summed E-state index contributed by atoms with van der Waals surface area (Å²) in [6.45, 7) is 2.28. The quantitative estimate of drug-likeness (QED) is 0.419. The van der Waals surface area contributed by atoms with Crippen molar-refractivity contribution in [2.75, 3.05) is 29.6 Å². The molecule has 0 radical (unpaired) electrons. The number of cyclic esters (lactones) is 1. The van der Waals surface area contributed by atoms with Gasteiger partial charge in [-0.1, -0.05) is 30.6 Å². The Morgan fingerprint density at radius 3 is 2.81 bits per heavy atom. The summed E-state index contributed by atoms with van der Waals surface area (Å²) in [6.07, 6.45) is 1.35. The Kier molecular flexibility index (Phi) is 6.59. The van der Waals surface area contributed by atoms with Gasteiger partial charge in [0.15, 0.2) is 0 Å². The number of carbonyl (C=O) groups excluding carboxylic acids is 2. The van der Waals surface area contributed by atoms with Crippen LogP contribution in [0.3, 0.4) is 0 Å². The highest BCUT2D eigenvalue weighted by molar-refractivity contribution is 7.91. The molecule has 0 unspecified atom stereocenters. The second-order valence-corrected chi connectivity index (χ2v) is 8.53. The number of carbonyl (C=O) groups is 2. The minimum absolute atomic E-state index is 0.00495. The van der Waals surface area contributed by atoms with Gasteiger partial charge in [-0.2, -0.15) is 0 Å². The summed E-state index contributed by atoms with van der Waals surface area (Å²) in [5.74, 6) is 0.250. The summed E-state index contributed by atoms with van der Waals surface area (Å²) >= 11 is -0.800. The van der Waals surface area contributed by atoms with E-state index in [0.717, 1.165) is 12.8 Å². The number of halogens is 1. The monoisotopic (exact) mass is 397 g/mol. The number of hydrogen-bond donors (Lipinski definition) is 0. The molecule has 3 rings (SSSR count). The molecule has 0 bridgehead atoms. The van der Waals surface area contributed by atoms with Gasteiger partial charge >= 0.3 is 12.1 Å². The van der Waals surface area contributed by atoms with Gasteiger partial charge in [0.2, 0.25) is 6.10 Å². The number of nitrogens with zero attached hydrogens (tertiary/aromatic N) is 1. The Morgan fingerprint density at radius 2 is 2.15 bits per heavy atom. The first kappa shape index (κ1) is 19.9. The van der Waals surface area contributed by atoms with E-state index in [1.54, 1.807) is 12.1 Å². The van der Waals surface area contributed by atoms with Crippen molar-refractivity contribution >= 4 is 28.9 Å². The lowest BCUT2D eigenvalue weighted by Crippen LogP contribution is -2.29. The molecule has 1 amide bonds. The van der Waals surface area contributed by atoms with Gasteiger partial charge in [0.05, 0.1) is 18.8 Å². The maximum atomic E-state index is 14.6. The van der Waals surface area contributed by atoms with Crippen molar-refractivity contribution in [2.24, 2.45) is 0 Å². The van der Waals surface area contributed by atoms with Crippen LogP contribution in [0.15, 0.2) is 18.2 Å². The van der Waals surface area contributed by atoms with E-state index in [2.05, 4.69) is 0 Å². The summed E-state index contributed by atoms with van der Waals surface area (Å²) < 4.78 is 36.3. The smallest absolute Gasteiger partial charge is 0.415 e. The summed E-state index contributed by atoms with van der Waals surface area (Å²) in [5.41, 5.74) is 0.933. The van der Waals surface area contributed by atoms with E-state index in [4.69, 9.17) is 9.47 Å². The zero-order chi connectivity index (χ0) is 19.4. The maximum absolute atomic E-state index is 14.6. The molecular formula is C19H24FNO5S. The van der Waals surface area contributed by atoms with Crippen LogP contribution in [0, 0.1) is 5.82 Å². The fraction of sp³-hybridized carbons (Fsp3) is 0.579. The minimum atomic E-state index is -0.995. The Bertz CT molecular complexity index is 693. The average Bonchev–Trinajstić information content (AvgIpc) is 3.04. The van der Waals surface area contributed by atoms with Gasteiger partial charge in [-0.05, 0) is 42.9 Å².